The van der Waals surface area contributed by atoms with E-state index in [0.717, 1.165) is 11.3 Å². The highest BCUT2D eigenvalue weighted by molar-refractivity contribution is 5.95. The Labute approximate surface area is 112 Å². The number of fused-ring (bicyclic) bond motifs is 1. The summed E-state index contributed by atoms with van der Waals surface area (Å²) in [5.41, 5.74) is 1.69. The Morgan fingerprint density at radius 3 is 2.53 bits per heavy atom. The van der Waals surface area contributed by atoms with E-state index in [9.17, 15) is 14.9 Å². The molecule has 1 aromatic carbocycles. The van der Waals surface area contributed by atoms with Crippen molar-refractivity contribution in [2.24, 2.45) is 5.41 Å². The molecule has 0 saturated carbocycles. The standard InChI is InChI=1S/C14H18N2O3/c1-9(17)15-12-6-5-11(16(18)19)7-10(12)8-13(15)14(2,3)4/h5-7,13H,8H2,1-4H3/t13-/m0/s1. The number of carbonyl (C=O) groups excluding carboxylic acids is 1. The lowest BCUT2D eigenvalue weighted by atomic mass is 9.84. The average molecular weight is 262 g/mol. The van der Waals surface area contributed by atoms with Crippen LogP contribution in [0.3, 0.4) is 0 Å². The first-order chi connectivity index (χ1) is 8.71. The second-order valence-electron chi connectivity index (χ2n) is 6.05. The molecular formula is C14H18N2O3. The maximum atomic E-state index is 11.9. The normalized spacial score (nSPS) is 18.3. The highest BCUT2D eigenvalue weighted by Crippen LogP contribution is 2.41. The van der Waals surface area contributed by atoms with Gasteiger partial charge in [0.25, 0.3) is 5.69 Å². The van der Waals surface area contributed by atoms with Gasteiger partial charge in [0, 0.05) is 30.8 Å². The van der Waals surface area contributed by atoms with Crippen molar-refractivity contribution in [3.05, 3.63) is 33.9 Å². The number of hydrogen-bond donors (Lipinski definition) is 0. The fraction of sp³-hybridized carbons (Fsp3) is 0.500. The summed E-state index contributed by atoms with van der Waals surface area (Å²) in [5, 5.41) is 10.8. The topological polar surface area (TPSA) is 63.5 Å². The fourth-order valence-electron chi connectivity index (χ4n) is 2.63. The third-order valence-corrected chi connectivity index (χ3v) is 3.60. The van der Waals surface area contributed by atoms with E-state index in [0.29, 0.717) is 6.42 Å². The number of nitro groups is 1. The van der Waals surface area contributed by atoms with Gasteiger partial charge in [-0.1, -0.05) is 20.8 Å². The van der Waals surface area contributed by atoms with E-state index in [1.807, 2.05) is 0 Å². The fourth-order valence-corrected chi connectivity index (χ4v) is 2.63. The first-order valence-electron chi connectivity index (χ1n) is 6.29. The monoisotopic (exact) mass is 262 g/mol. The van der Waals surface area contributed by atoms with Gasteiger partial charge in [-0.05, 0) is 23.5 Å². The molecule has 1 heterocycles. The zero-order chi connectivity index (χ0) is 14.4. The van der Waals surface area contributed by atoms with Crippen molar-refractivity contribution in [1.29, 1.82) is 0 Å². The highest BCUT2D eigenvalue weighted by Gasteiger charge is 2.39. The molecule has 1 aliphatic heterocycles. The van der Waals surface area contributed by atoms with Crippen LogP contribution >= 0.6 is 0 Å². The zero-order valence-electron chi connectivity index (χ0n) is 11.6. The molecule has 0 fully saturated rings. The van der Waals surface area contributed by atoms with E-state index in [1.165, 1.54) is 13.0 Å². The van der Waals surface area contributed by atoms with Gasteiger partial charge in [-0.25, -0.2) is 0 Å². The van der Waals surface area contributed by atoms with Crippen LogP contribution in [-0.2, 0) is 11.2 Å². The van der Waals surface area contributed by atoms with Crippen LogP contribution in [0.15, 0.2) is 18.2 Å². The largest absolute Gasteiger partial charge is 0.308 e. The summed E-state index contributed by atoms with van der Waals surface area (Å²) in [7, 11) is 0. The van der Waals surface area contributed by atoms with Gasteiger partial charge < -0.3 is 4.90 Å². The summed E-state index contributed by atoms with van der Waals surface area (Å²) in [6.07, 6.45) is 0.667. The van der Waals surface area contributed by atoms with Crippen LogP contribution in [0.2, 0.25) is 0 Å². The molecule has 0 N–H and O–H groups in total. The van der Waals surface area contributed by atoms with Crippen molar-refractivity contribution in [3.8, 4) is 0 Å². The van der Waals surface area contributed by atoms with Crippen LogP contribution < -0.4 is 4.90 Å². The van der Waals surface area contributed by atoms with Gasteiger partial charge in [0.2, 0.25) is 5.91 Å². The van der Waals surface area contributed by atoms with Crippen LogP contribution in [0.4, 0.5) is 11.4 Å². The van der Waals surface area contributed by atoms with Gasteiger partial charge in [0.05, 0.1) is 4.92 Å². The third kappa shape index (κ3) is 2.32. The van der Waals surface area contributed by atoms with Crippen LogP contribution in [0.25, 0.3) is 0 Å². The Bertz CT molecular complexity index is 546. The molecule has 2 rings (SSSR count). The smallest absolute Gasteiger partial charge is 0.269 e. The zero-order valence-corrected chi connectivity index (χ0v) is 11.6. The van der Waals surface area contributed by atoms with Crippen LogP contribution in [0, 0.1) is 15.5 Å². The summed E-state index contributed by atoms with van der Waals surface area (Å²) in [4.78, 5) is 24.1. The molecule has 19 heavy (non-hydrogen) atoms. The number of amides is 1. The number of nitro benzene ring substituents is 1. The lowest BCUT2D eigenvalue weighted by molar-refractivity contribution is -0.384. The number of anilines is 1. The maximum Gasteiger partial charge on any atom is 0.269 e. The first-order valence-corrected chi connectivity index (χ1v) is 6.29. The summed E-state index contributed by atoms with van der Waals surface area (Å²) in [6.45, 7) is 7.77. The van der Waals surface area contributed by atoms with Crippen molar-refractivity contribution in [1.82, 2.24) is 0 Å². The van der Waals surface area contributed by atoms with Crippen molar-refractivity contribution < 1.29 is 9.72 Å². The Balaban J connectivity index is 2.49. The number of benzene rings is 1. The molecule has 0 aromatic heterocycles. The van der Waals surface area contributed by atoms with Crippen molar-refractivity contribution in [2.45, 2.75) is 40.2 Å². The van der Waals surface area contributed by atoms with Crippen molar-refractivity contribution >= 4 is 17.3 Å². The molecule has 0 aliphatic carbocycles. The molecule has 5 heteroatoms. The Hall–Kier alpha value is -1.91. The first kappa shape index (κ1) is 13.5. The molecule has 0 bridgehead atoms. The van der Waals surface area contributed by atoms with Crippen molar-refractivity contribution in [3.63, 3.8) is 0 Å². The molecule has 1 atom stereocenters. The molecule has 0 spiro atoms. The summed E-state index contributed by atoms with van der Waals surface area (Å²) >= 11 is 0. The molecule has 5 nitrogen and oxygen atoms in total. The van der Waals surface area contributed by atoms with Crippen LogP contribution in [0.1, 0.15) is 33.3 Å². The van der Waals surface area contributed by atoms with E-state index >= 15 is 0 Å². The van der Waals surface area contributed by atoms with E-state index in [1.54, 1.807) is 17.0 Å². The number of carbonyl (C=O) groups is 1. The predicted molar refractivity (Wildman–Crippen MR) is 73.2 cm³/mol. The summed E-state index contributed by atoms with van der Waals surface area (Å²) < 4.78 is 0. The van der Waals surface area contributed by atoms with Crippen molar-refractivity contribution in [2.75, 3.05) is 4.90 Å². The highest BCUT2D eigenvalue weighted by atomic mass is 16.6. The maximum absolute atomic E-state index is 11.9. The van der Waals surface area contributed by atoms with Gasteiger partial charge in [0.1, 0.15) is 0 Å². The van der Waals surface area contributed by atoms with Gasteiger partial charge in [-0.3, -0.25) is 14.9 Å². The van der Waals surface area contributed by atoms with E-state index < -0.39 is 4.92 Å². The lowest BCUT2D eigenvalue weighted by Gasteiger charge is -2.34. The Morgan fingerprint density at radius 1 is 1.42 bits per heavy atom. The molecule has 1 aliphatic rings. The van der Waals surface area contributed by atoms with Gasteiger partial charge >= 0.3 is 0 Å². The number of non-ortho nitro benzene ring substituents is 1. The molecule has 102 valence electrons. The Kier molecular flexibility index (Phi) is 3.08. The lowest BCUT2D eigenvalue weighted by Crippen LogP contribution is -2.44. The third-order valence-electron chi connectivity index (χ3n) is 3.60. The quantitative estimate of drug-likeness (QED) is 0.577. The van der Waals surface area contributed by atoms with E-state index in [2.05, 4.69) is 20.8 Å². The van der Waals surface area contributed by atoms with Gasteiger partial charge in [0.15, 0.2) is 0 Å². The number of rotatable bonds is 1. The molecule has 1 amide bonds. The minimum absolute atomic E-state index is 0.0208. The minimum atomic E-state index is -0.400. The number of hydrogen-bond acceptors (Lipinski definition) is 3. The molecule has 0 unspecified atom stereocenters. The predicted octanol–water partition coefficient (Wildman–Crippen LogP) is 2.92. The number of nitrogens with zero attached hydrogens (tertiary/aromatic N) is 2. The van der Waals surface area contributed by atoms with E-state index in [-0.39, 0.29) is 23.1 Å². The second kappa shape index (κ2) is 4.33. The average Bonchev–Trinajstić information content (AvgIpc) is 2.66. The van der Waals surface area contributed by atoms with Gasteiger partial charge in [-0.2, -0.15) is 0 Å². The molecule has 1 aromatic rings. The van der Waals surface area contributed by atoms with E-state index in [4.69, 9.17) is 0 Å². The van der Waals surface area contributed by atoms with Gasteiger partial charge in [-0.15, -0.1) is 0 Å². The molecule has 0 saturated heterocycles. The molecule has 0 radical (unpaired) electrons. The van der Waals surface area contributed by atoms with Crippen LogP contribution in [-0.4, -0.2) is 16.9 Å². The SMILES string of the molecule is CC(=O)N1c2ccc([N+](=O)[O-])cc2C[C@H]1C(C)(C)C. The second-order valence-corrected chi connectivity index (χ2v) is 6.05. The Morgan fingerprint density at radius 2 is 2.05 bits per heavy atom. The summed E-state index contributed by atoms with van der Waals surface area (Å²) in [5.74, 6) is -0.0208. The summed E-state index contributed by atoms with van der Waals surface area (Å²) in [6, 6.07) is 4.76. The minimum Gasteiger partial charge on any atom is -0.308 e. The molecular weight excluding hydrogens is 244 g/mol. The van der Waals surface area contributed by atoms with Crippen LogP contribution in [0.5, 0.6) is 0 Å².